The van der Waals surface area contributed by atoms with Gasteiger partial charge in [-0.15, -0.1) is 0 Å². The second kappa shape index (κ2) is 9.24. The fourth-order valence-electron chi connectivity index (χ4n) is 2.50. The van der Waals surface area contributed by atoms with Crippen molar-refractivity contribution in [1.82, 2.24) is 0 Å². The zero-order valence-electron chi connectivity index (χ0n) is 18.2. The van der Waals surface area contributed by atoms with Crippen molar-refractivity contribution in [3.63, 3.8) is 0 Å². The molecule has 0 aromatic heterocycles. The summed E-state index contributed by atoms with van der Waals surface area (Å²) in [5.41, 5.74) is -0.585. The Morgan fingerprint density at radius 2 is 1.31 bits per heavy atom. The van der Waals surface area contributed by atoms with Crippen LogP contribution < -0.4 is 14.7 Å². The number of ether oxygens (including phenoxy) is 2. The highest BCUT2D eigenvalue weighted by Crippen LogP contribution is 2.28. The van der Waals surface area contributed by atoms with E-state index in [1.807, 2.05) is 53.7 Å². The van der Waals surface area contributed by atoms with Crippen molar-refractivity contribution in [1.29, 1.82) is 0 Å². The van der Waals surface area contributed by atoms with Gasteiger partial charge in [-0.3, -0.25) is 0 Å². The molecule has 0 saturated heterocycles. The van der Waals surface area contributed by atoms with Crippen molar-refractivity contribution < 1.29 is 18.3 Å². The van der Waals surface area contributed by atoms with Crippen molar-refractivity contribution >= 4 is 13.7 Å². The van der Waals surface area contributed by atoms with E-state index >= 15 is 0 Å². The molecule has 5 heteroatoms. The van der Waals surface area contributed by atoms with Gasteiger partial charge >= 0.3 is 8.56 Å². The number of hydrogen-bond acceptors (Lipinski definition) is 4. The average molecular weight is 383 g/mol. The van der Waals surface area contributed by atoms with Gasteiger partial charge in [0, 0.05) is 24.5 Å². The van der Waals surface area contributed by atoms with Gasteiger partial charge in [-0.25, -0.2) is 0 Å². The molecule has 0 heterocycles. The Kier molecular flexibility index (Phi) is 8.18. The highest BCUT2D eigenvalue weighted by Gasteiger charge is 2.38. The Bertz CT molecular complexity index is 550. The third-order valence-corrected chi connectivity index (χ3v) is 6.35. The molecule has 4 nitrogen and oxygen atoms in total. The van der Waals surface area contributed by atoms with Crippen LogP contribution in [0.25, 0.3) is 0 Å². The summed E-state index contributed by atoms with van der Waals surface area (Å²) in [6, 6.07) is 6.02. The first-order chi connectivity index (χ1) is 11.9. The minimum absolute atomic E-state index is 0.265. The minimum atomic E-state index is -2.57. The van der Waals surface area contributed by atoms with Gasteiger partial charge in [0.25, 0.3) is 0 Å². The molecule has 1 rings (SSSR count). The first-order valence-corrected chi connectivity index (χ1v) is 12.0. The summed E-state index contributed by atoms with van der Waals surface area (Å²) in [6.45, 7) is 20.0. The summed E-state index contributed by atoms with van der Waals surface area (Å²) in [7, 11) is -2.57. The number of hydrogen-bond donors (Lipinski definition) is 0. The van der Waals surface area contributed by atoms with Crippen LogP contribution in [0.15, 0.2) is 18.2 Å². The van der Waals surface area contributed by atoms with E-state index in [0.29, 0.717) is 13.2 Å². The predicted octanol–water partition coefficient (Wildman–Crippen LogP) is 5.17. The Morgan fingerprint density at radius 3 is 1.73 bits per heavy atom. The molecule has 0 aliphatic rings. The lowest BCUT2D eigenvalue weighted by Gasteiger charge is -2.32. The Morgan fingerprint density at radius 1 is 0.808 bits per heavy atom. The molecular formula is C21H38O4Si. The number of benzene rings is 1. The van der Waals surface area contributed by atoms with E-state index in [1.54, 1.807) is 0 Å². The van der Waals surface area contributed by atoms with Crippen molar-refractivity contribution in [3.05, 3.63) is 18.2 Å². The molecule has 0 fully saturated rings. The first-order valence-electron chi connectivity index (χ1n) is 9.70. The molecule has 0 aliphatic carbocycles. The van der Waals surface area contributed by atoms with Gasteiger partial charge in [0.1, 0.15) is 22.7 Å². The van der Waals surface area contributed by atoms with Gasteiger partial charge in [-0.05, 0) is 67.0 Å². The zero-order valence-corrected chi connectivity index (χ0v) is 19.2. The van der Waals surface area contributed by atoms with E-state index in [-0.39, 0.29) is 11.2 Å². The van der Waals surface area contributed by atoms with Gasteiger partial charge in [-0.1, -0.05) is 19.9 Å². The molecule has 0 aliphatic heterocycles. The molecule has 0 unspecified atom stereocenters. The SMILES string of the molecule is CCCO[Si](C)(OCCC)c1ccc(OC(C)(C)C)cc1OC(C)(C)C. The van der Waals surface area contributed by atoms with Gasteiger partial charge < -0.3 is 18.3 Å². The Balaban J connectivity index is 3.34. The third-order valence-electron chi connectivity index (χ3n) is 3.45. The van der Waals surface area contributed by atoms with Gasteiger partial charge in [0.05, 0.1) is 0 Å². The fourth-order valence-corrected chi connectivity index (χ4v) is 5.04. The maximum atomic E-state index is 6.29. The molecule has 0 spiro atoms. The number of rotatable bonds is 9. The van der Waals surface area contributed by atoms with Crippen LogP contribution in [0, 0.1) is 0 Å². The van der Waals surface area contributed by atoms with Crippen LogP contribution in [0.3, 0.4) is 0 Å². The van der Waals surface area contributed by atoms with E-state index < -0.39 is 8.56 Å². The minimum Gasteiger partial charge on any atom is -0.488 e. The molecule has 0 N–H and O–H groups in total. The standard InChI is InChI=1S/C21H38O4Si/c1-10-14-22-26(9,23-15-11-2)19-13-12-17(24-20(3,4)5)16-18(19)25-21(6,7)8/h12-13,16H,10-11,14-15H2,1-9H3. The summed E-state index contributed by atoms with van der Waals surface area (Å²) in [6.07, 6.45) is 1.91. The predicted molar refractivity (Wildman–Crippen MR) is 111 cm³/mol. The third kappa shape index (κ3) is 7.68. The van der Waals surface area contributed by atoms with Crippen molar-refractivity contribution in [2.24, 2.45) is 0 Å². The first kappa shape index (κ1) is 23.0. The van der Waals surface area contributed by atoms with Gasteiger partial charge in [-0.2, -0.15) is 0 Å². The second-order valence-electron chi connectivity index (χ2n) is 8.73. The highest BCUT2D eigenvalue weighted by molar-refractivity contribution is 6.80. The molecule has 0 amide bonds. The van der Waals surface area contributed by atoms with Crippen LogP contribution in [0.1, 0.15) is 68.2 Å². The van der Waals surface area contributed by atoms with Crippen LogP contribution >= 0.6 is 0 Å². The molecule has 150 valence electrons. The van der Waals surface area contributed by atoms with E-state index in [2.05, 4.69) is 26.5 Å². The molecule has 0 atom stereocenters. The van der Waals surface area contributed by atoms with Crippen LogP contribution in [0.4, 0.5) is 0 Å². The van der Waals surface area contributed by atoms with Gasteiger partial charge in [0.2, 0.25) is 0 Å². The zero-order chi connectivity index (χ0) is 20.0. The molecule has 1 aromatic carbocycles. The smallest absolute Gasteiger partial charge is 0.373 e. The monoisotopic (exact) mass is 382 g/mol. The Labute approximate surface area is 161 Å². The van der Waals surface area contributed by atoms with Crippen LogP contribution in [0.5, 0.6) is 11.5 Å². The highest BCUT2D eigenvalue weighted by atomic mass is 28.4. The summed E-state index contributed by atoms with van der Waals surface area (Å²) in [4.78, 5) is 0. The quantitative estimate of drug-likeness (QED) is 0.552. The second-order valence-corrected chi connectivity index (χ2v) is 11.7. The van der Waals surface area contributed by atoms with E-state index in [4.69, 9.17) is 18.3 Å². The lowest BCUT2D eigenvalue weighted by atomic mass is 10.2. The summed E-state index contributed by atoms with van der Waals surface area (Å²) < 4.78 is 24.8. The van der Waals surface area contributed by atoms with Crippen molar-refractivity contribution in [2.75, 3.05) is 13.2 Å². The molecule has 1 aromatic rings. The lowest BCUT2D eigenvalue weighted by molar-refractivity contribution is 0.121. The van der Waals surface area contributed by atoms with Crippen LogP contribution in [-0.4, -0.2) is 33.0 Å². The molecule has 0 saturated carbocycles. The van der Waals surface area contributed by atoms with E-state index in [0.717, 1.165) is 29.5 Å². The summed E-state index contributed by atoms with van der Waals surface area (Å²) in [5, 5.41) is 1.02. The van der Waals surface area contributed by atoms with Crippen LogP contribution in [-0.2, 0) is 8.85 Å². The fraction of sp³-hybridized carbons (Fsp3) is 0.714. The topological polar surface area (TPSA) is 36.9 Å². The largest absolute Gasteiger partial charge is 0.488 e. The van der Waals surface area contributed by atoms with Gasteiger partial charge in [0.15, 0.2) is 0 Å². The van der Waals surface area contributed by atoms with E-state index in [1.165, 1.54) is 0 Å². The normalized spacial score (nSPS) is 13.0. The molecule has 0 bridgehead atoms. The molecule has 26 heavy (non-hydrogen) atoms. The summed E-state index contributed by atoms with van der Waals surface area (Å²) in [5.74, 6) is 1.59. The maximum Gasteiger partial charge on any atom is 0.373 e. The van der Waals surface area contributed by atoms with E-state index in [9.17, 15) is 0 Å². The Hall–Kier alpha value is -1.04. The van der Waals surface area contributed by atoms with Crippen molar-refractivity contribution in [3.8, 4) is 11.5 Å². The summed E-state index contributed by atoms with van der Waals surface area (Å²) >= 11 is 0. The average Bonchev–Trinajstić information content (AvgIpc) is 2.48. The molecule has 0 radical (unpaired) electrons. The lowest BCUT2D eigenvalue weighted by Crippen LogP contribution is -2.52. The molecular weight excluding hydrogens is 344 g/mol. The van der Waals surface area contributed by atoms with Crippen molar-refractivity contribution in [2.45, 2.75) is 86.0 Å². The maximum absolute atomic E-state index is 6.29. The van der Waals surface area contributed by atoms with Crippen LogP contribution in [0.2, 0.25) is 6.55 Å².